The van der Waals surface area contributed by atoms with Crippen LogP contribution in [0.1, 0.15) is 33.3 Å². The van der Waals surface area contributed by atoms with Gasteiger partial charge in [-0.1, -0.05) is 44.5 Å². The molecule has 5 rings (SSSR count). The van der Waals surface area contributed by atoms with E-state index in [0.717, 1.165) is 9.70 Å². The number of hydrogen-bond acceptors (Lipinski definition) is 8. The Balaban J connectivity index is 1.70. The Morgan fingerprint density at radius 2 is 2.08 bits per heavy atom. The fourth-order valence-corrected chi connectivity index (χ4v) is 6.29. The number of nitrogens with zero attached hydrogens (tertiary/aromatic N) is 4. The zero-order valence-corrected chi connectivity index (χ0v) is 24.4. The van der Waals surface area contributed by atoms with E-state index in [-0.39, 0.29) is 40.0 Å². The average molecular weight is 589 g/mol. The first-order valence-corrected chi connectivity index (χ1v) is 14.1. The lowest BCUT2D eigenvalue weighted by molar-refractivity contribution is -0.0123. The molecule has 0 bridgehead atoms. The molecule has 4 aromatic rings. The number of ether oxygens (including phenoxy) is 1. The van der Waals surface area contributed by atoms with Crippen LogP contribution in [0.5, 0.6) is 0 Å². The van der Waals surface area contributed by atoms with Crippen molar-refractivity contribution in [3.05, 3.63) is 46.0 Å². The van der Waals surface area contributed by atoms with Gasteiger partial charge in [0.25, 0.3) is 0 Å². The number of aliphatic hydroxyl groups is 1. The molecule has 0 saturated carbocycles. The molecule has 11 heteroatoms. The summed E-state index contributed by atoms with van der Waals surface area (Å²) in [6.45, 7) is 9.81. The van der Waals surface area contributed by atoms with Crippen LogP contribution in [0.25, 0.3) is 32.1 Å². The zero-order chi connectivity index (χ0) is 28.1. The molecule has 1 saturated heterocycles. The van der Waals surface area contributed by atoms with Gasteiger partial charge in [0.05, 0.1) is 30.3 Å². The van der Waals surface area contributed by atoms with Gasteiger partial charge in [-0.05, 0) is 41.6 Å². The molecule has 7 nitrogen and oxygen atoms in total. The Hall–Kier alpha value is -2.74. The lowest BCUT2D eigenvalue weighted by Gasteiger charge is -2.29. The third-order valence-electron chi connectivity index (χ3n) is 6.46. The molecular weight excluding hydrogens is 560 g/mol. The summed E-state index contributed by atoms with van der Waals surface area (Å²) in [5.41, 5.74) is -0.0499. The van der Waals surface area contributed by atoms with E-state index in [4.69, 9.17) is 27.9 Å². The molecule has 1 unspecified atom stereocenters. The summed E-state index contributed by atoms with van der Waals surface area (Å²) < 4.78 is 22.8. The predicted octanol–water partition coefficient (Wildman–Crippen LogP) is 6.87. The highest BCUT2D eigenvalue weighted by atomic mass is 35.5. The van der Waals surface area contributed by atoms with Crippen molar-refractivity contribution in [2.75, 3.05) is 43.1 Å². The molecule has 1 aliphatic heterocycles. The standard InChI is InChI=1S/C28H28Cl2FN5O2S/c1-27(2,3)12-33-25-17(11-32)20-15(6-5-7-19(20)39-25)21-18(29)10-16-23(22(21)31)34-26(30)35-24(16)36-8-9-38-14-28(4,37)13-36/h5-7,10,33,37H,8-9,12-14H2,1-4H3. The summed E-state index contributed by atoms with van der Waals surface area (Å²) in [7, 11) is 0. The Kier molecular flexibility index (Phi) is 7.38. The minimum atomic E-state index is -1.14. The number of benzene rings is 2. The lowest BCUT2D eigenvalue weighted by Crippen LogP contribution is -2.42. The second-order valence-corrected chi connectivity index (χ2v) is 13.0. The van der Waals surface area contributed by atoms with Crippen molar-refractivity contribution < 1.29 is 14.2 Å². The third kappa shape index (κ3) is 5.49. The van der Waals surface area contributed by atoms with Crippen LogP contribution in [-0.2, 0) is 4.74 Å². The van der Waals surface area contributed by atoms with Gasteiger partial charge in [-0.25, -0.2) is 9.37 Å². The van der Waals surface area contributed by atoms with Crippen LogP contribution in [0.4, 0.5) is 15.2 Å². The summed E-state index contributed by atoms with van der Waals surface area (Å²) in [5.74, 6) is -0.295. The normalized spacial score (nSPS) is 18.4. The molecule has 0 spiro atoms. The van der Waals surface area contributed by atoms with E-state index in [0.29, 0.717) is 47.4 Å². The summed E-state index contributed by atoms with van der Waals surface area (Å²) >= 11 is 14.5. The predicted molar refractivity (Wildman–Crippen MR) is 157 cm³/mol. The van der Waals surface area contributed by atoms with Crippen molar-refractivity contribution in [1.29, 1.82) is 5.26 Å². The Labute approximate surface area is 240 Å². The van der Waals surface area contributed by atoms with E-state index in [1.54, 1.807) is 24.0 Å². The summed E-state index contributed by atoms with van der Waals surface area (Å²) in [6.07, 6.45) is 0. The second-order valence-electron chi connectivity index (χ2n) is 11.2. The number of nitrogens with one attached hydrogen (secondary N) is 1. The van der Waals surface area contributed by atoms with Gasteiger partial charge in [0.15, 0.2) is 5.82 Å². The van der Waals surface area contributed by atoms with Crippen LogP contribution in [0.2, 0.25) is 10.3 Å². The number of hydrogen-bond donors (Lipinski definition) is 2. The van der Waals surface area contributed by atoms with Gasteiger partial charge in [-0.15, -0.1) is 11.3 Å². The molecular formula is C28H28Cl2FN5O2S. The van der Waals surface area contributed by atoms with Crippen LogP contribution < -0.4 is 10.2 Å². The largest absolute Gasteiger partial charge is 0.386 e. The van der Waals surface area contributed by atoms with Crippen molar-refractivity contribution in [3.8, 4) is 17.2 Å². The summed E-state index contributed by atoms with van der Waals surface area (Å²) in [5, 5.41) is 25.9. The minimum Gasteiger partial charge on any atom is -0.386 e. The quantitative estimate of drug-likeness (QED) is 0.251. The SMILES string of the molecule is CC(C)(C)CNc1sc2cccc(-c3c(Cl)cc4c(N5CCOCC(C)(O)C5)nc(Cl)nc4c3F)c2c1C#N. The summed E-state index contributed by atoms with van der Waals surface area (Å²) in [4.78, 5) is 10.4. The van der Waals surface area contributed by atoms with E-state index in [1.807, 2.05) is 12.1 Å². The third-order valence-corrected chi connectivity index (χ3v) is 8.04. The van der Waals surface area contributed by atoms with Crippen molar-refractivity contribution in [2.24, 2.45) is 5.41 Å². The molecule has 2 N–H and O–H groups in total. The topological polar surface area (TPSA) is 94.3 Å². The molecule has 39 heavy (non-hydrogen) atoms. The van der Waals surface area contributed by atoms with Crippen molar-refractivity contribution >= 4 is 66.3 Å². The first kappa shape index (κ1) is 27.8. The minimum absolute atomic E-state index is 0.00311. The van der Waals surface area contributed by atoms with E-state index < -0.39 is 11.4 Å². The first-order chi connectivity index (χ1) is 18.4. The van der Waals surface area contributed by atoms with Crippen molar-refractivity contribution in [2.45, 2.75) is 33.3 Å². The summed E-state index contributed by atoms with van der Waals surface area (Å²) in [6, 6.07) is 9.42. The number of thiophene rings is 1. The maximum atomic E-state index is 16.4. The molecule has 3 heterocycles. The Morgan fingerprint density at radius 3 is 2.79 bits per heavy atom. The van der Waals surface area contributed by atoms with Crippen LogP contribution >= 0.6 is 34.5 Å². The number of aromatic nitrogens is 2. The smallest absolute Gasteiger partial charge is 0.225 e. The van der Waals surface area contributed by atoms with Gasteiger partial charge < -0.3 is 20.1 Å². The average Bonchev–Trinajstić information content (AvgIpc) is 3.12. The maximum absolute atomic E-state index is 16.4. The molecule has 1 atom stereocenters. The van der Waals surface area contributed by atoms with E-state index >= 15 is 4.39 Å². The highest BCUT2D eigenvalue weighted by molar-refractivity contribution is 7.23. The number of rotatable bonds is 4. The van der Waals surface area contributed by atoms with Crippen LogP contribution in [-0.4, -0.2) is 53.5 Å². The maximum Gasteiger partial charge on any atom is 0.225 e. The van der Waals surface area contributed by atoms with Crippen LogP contribution in [0.15, 0.2) is 24.3 Å². The highest BCUT2D eigenvalue weighted by Crippen LogP contribution is 2.45. The number of halogens is 3. The number of nitriles is 1. The first-order valence-electron chi connectivity index (χ1n) is 12.5. The van der Waals surface area contributed by atoms with Crippen molar-refractivity contribution in [1.82, 2.24) is 9.97 Å². The van der Waals surface area contributed by atoms with Gasteiger partial charge in [0.2, 0.25) is 5.28 Å². The molecule has 1 aliphatic rings. The van der Waals surface area contributed by atoms with Crippen molar-refractivity contribution in [3.63, 3.8) is 0 Å². The van der Waals surface area contributed by atoms with Gasteiger partial charge in [-0.3, -0.25) is 0 Å². The van der Waals surface area contributed by atoms with E-state index in [1.165, 1.54) is 11.3 Å². The molecule has 0 aliphatic carbocycles. The zero-order valence-electron chi connectivity index (χ0n) is 22.0. The Morgan fingerprint density at radius 1 is 1.31 bits per heavy atom. The lowest BCUT2D eigenvalue weighted by atomic mass is 9.96. The Bertz CT molecular complexity index is 1630. The monoisotopic (exact) mass is 587 g/mol. The van der Waals surface area contributed by atoms with E-state index in [2.05, 4.69) is 42.1 Å². The molecule has 2 aromatic heterocycles. The molecule has 0 radical (unpaired) electrons. The molecule has 0 amide bonds. The second kappa shape index (κ2) is 10.3. The van der Waals surface area contributed by atoms with Gasteiger partial charge in [0.1, 0.15) is 28.0 Å². The molecule has 2 aromatic carbocycles. The van der Waals surface area contributed by atoms with Gasteiger partial charge >= 0.3 is 0 Å². The van der Waals surface area contributed by atoms with Gasteiger partial charge in [0, 0.05) is 34.1 Å². The fraction of sp³-hybridized carbons (Fsp3) is 0.393. The van der Waals surface area contributed by atoms with Crippen LogP contribution in [0.3, 0.4) is 0 Å². The van der Waals surface area contributed by atoms with Gasteiger partial charge in [-0.2, -0.15) is 10.2 Å². The fourth-order valence-electron chi connectivity index (χ4n) is 4.76. The highest BCUT2D eigenvalue weighted by Gasteiger charge is 2.31. The van der Waals surface area contributed by atoms with Crippen LogP contribution in [0, 0.1) is 22.6 Å². The number of anilines is 2. The molecule has 1 fully saturated rings. The molecule has 204 valence electrons. The van der Waals surface area contributed by atoms with E-state index in [9.17, 15) is 10.4 Å². The number of fused-ring (bicyclic) bond motifs is 2. The number of β-amino-alcohol motifs (C(OH)–C–C–N with tert-alkyl or cyclic N) is 1.